The minimum absolute atomic E-state index is 0.319. The number of likely N-dealkylation sites (N-methyl/N-ethyl adjacent to an activating group) is 1. The molecule has 3 heterocycles. The number of ether oxygens (including phenoxy) is 1. The van der Waals surface area contributed by atoms with Gasteiger partial charge in [0.2, 0.25) is 0 Å². The Morgan fingerprint density at radius 1 is 1.23 bits per heavy atom. The highest BCUT2D eigenvalue weighted by Gasteiger charge is 2.37. The van der Waals surface area contributed by atoms with Crippen LogP contribution < -0.4 is 4.90 Å². The molecule has 4 rings (SSSR count). The fourth-order valence-electron chi connectivity index (χ4n) is 3.74. The highest BCUT2D eigenvalue weighted by Crippen LogP contribution is 2.31. The maximum atomic E-state index is 6.01. The highest BCUT2D eigenvalue weighted by molar-refractivity contribution is 5.91. The van der Waals surface area contributed by atoms with Crippen molar-refractivity contribution in [3.8, 4) is 0 Å². The zero-order valence-corrected chi connectivity index (χ0v) is 13.2. The van der Waals surface area contributed by atoms with E-state index in [1.807, 2.05) is 0 Å². The number of morpholine rings is 1. The summed E-state index contributed by atoms with van der Waals surface area (Å²) in [5, 5.41) is 1.15. The molecule has 116 valence electrons. The van der Waals surface area contributed by atoms with Gasteiger partial charge in [-0.2, -0.15) is 0 Å². The van der Waals surface area contributed by atoms with E-state index in [1.165, 1.54) is 5.56 Å². The first-order valence-corrected chi connectivity index (χ1v) is 8.01. The van der Waals surface area contributed by atoms with Crippen LogP contribution in [-0.2, 0) is 4.74 Å². The molecule has 2 fully saturated rings. The number of nitrogens with zero attached hydrogens (tertiary/aromatic N) is 4. The van der Waals surface area contributed by atoms with Crippen molar-refractivity contribution >= 4 is 16.7 Å². The first-order chi connectivity index (χ1) is 10.7. The second-order valence-electron chi connectivity index (χ2n) is 6.39. The van der Waals surface area contributed by atoms with Crippen LogP contribution >= 0.6 is 0 Å². The van der Waals surface area contributed by atoms with E-state index in [0.717, 1.165) is 49.4 Å². The van der Waals surface area contributed by atoms with Crippen molar-refractivity contribution in [1.82, 2.24) is 14.9 Å². The number of hydrogen-bond donors (Lipinski definition) is 0. The molecule has 0 N–H and O–H groups in total. The third-order valence-electron chi connectivity index (χ3n) is 4.91. The number of piperidine rings is 1. The van der Waals surface area contributed by atoms with E-state index in [-0.39, 0.29) is 0 Å². The molecule has 22 heavy (non-hydrogen) atoms. The van der Waals surface area contributed by atoms with Crippen LogP contribution in [0.15, 0.2) is 24.5 Å². The van der Waals surface area contributed by atoms with E-state index >= 15 is 0 Å². The van der Waals surface area contributed by atoms with Gasteiger partial charge in [0.25, 0.3) is 0 Å². The van der Waals surface area contributed by atoms with Crippen molar-refractivity contribution in [3.05, 3.63) is 30.1 Å². The smallest absolute Gasteiger partial charge is 0.140 e. The number of aryl methyl sites for hydroxylation is 1. The molecule has 2 aromatic rings. The van der Waals surface area contributed by atoms with E-state index in [0.29, 0.717) is 12.1 Å². The van der Waals surface area contributed by atoms with Crippen molar-refractivity contribution < 1.29 is 4.74 Å². The summed E-state index contributed by atoms with van der Waals surface area (Å²) in [6, 6.07) is 6.71. The van der Waals surface area contributed by atoms with Crippen LogP contribution in [0.3, 0.4) is 0 Å². The van der Waals surface area contributed by atoms with Crippen LogP contribution in [0, 0.1) is 6.92 Å². The van der Waals surface area contributed by atoms with Crippen LogP contribution in [0.5, 0.6) is 0 Å². The number of benzene rings is 1. The van der Waals surface area contributed by atoms with Crippen molar-refractivity contribution in [3.63, 3.8) is 0 Å². The third kappa shape index (κ3) is 2.25. The van der Waals surface area contributed by atoms with Gasteiger partial charge in [-0.25, -0.2) is 9.97 Å². The van der Waals surface area contributed by atoms with Gasteiger partial charge in [-0.15, -0.1) is 0 Å². The van der Waals surface area contributed by atoms with Gasteiger partial charge in [0.05, 0.1) is 24.3 Å². The Kier molecular flexibility index (Phi) is 3.47. The molecule has 0 aliphatic carbocycles. The average molecular weight is 298 g/mol. The average Bonchev–Trinajstić information content (AvgIpc) is 2.54. The summed E-state index contributed by atoms with van der Waals surface area (Å²) >= 11 is 0. The number of anilines is 1. The number of rotatable bonds is 1. The van der Waals surface area contributed by atoms with Crippen LogP contribution in [0.2, 0.25) is 0 Å². The lowest BCUT2D eigenvalue weighted by molar-refractivity contribution is -0.0244. The minimum Gasteiger partial charge on any atom is -0.374 e. The Hall–Kier alpha value is -1.72. The fraction of sp³-hybridized carbons (Fsp3) is 0.529. The first kappa shape index (κ1) is 13.9. The molecule has 2 atom stereocenters. The molecule has 2 aliphatic heterocycles. The first-order valence-electron chi connectivity index (χ1n) is 8.01. The second kappa shape index (κ2) is 5.48. The second-order valence-corrected chi connectivity index (χ2v) is 6.39. The number of aromatic nitrogens is 2. The van der Waals surface area contributed by atoms with Gasteiger partial charge in [0.1, 0.15) is 12.1 Å². The zero-order chi connectivity index (χ0) is 15.1. The van der Waals surface area contributed by atoms with Gasteiger partial charge < -0.3 is 14.5 Å². The summed E-state index contributed by atoms with van der Waals surface area (Å²) in [5.74, 6) is 1.06. The lowest BCUT2D eigenvalue weighted by Gasteiger charge is -2.47. The van der Waals surface area contributed by atoms with E-state index in [2.05, 4.69) is 51.9 Å². The maximum absolute atomic E-state index is 6.01. The normalized spacial score (nSPS) is 26.2. The molecule has 0 saturated carbocycles. The Morgan fingerprint density at radius 2 is 2.14 bits per heavy atom. The van der Waals surface area contributed by atoms with Gasteiger partial charge >= 0.3 is 0 Å². The van der Waals surface area contributed by atoms with E-state index in [4.69, 9.17) is 4.74 Å². The molecule has 1 aromatic carbocycles. The molecule has 0 spiro atoms. The number of fused-ring (bicyclic) bond motifs is 2. The zero-order valence-electron chi connectivity index (χ0n) is 13.2. The van der Waals surface area contributed by atoms with E-state index in [1.54, 1.807) is 6.33 Å². The SMILES string of the molecule is Cc1cccc2c(N3CCO[C@@H]4CCN(C)C[C@H]43)ncnc12. The quantitative estimate of drug-likeness (QED) is 0.803. The molecule has 0 amide bonds. The van der Waals surface area contributed by atoms with E-state index in [9.17, 15) is 0 Å². The monoisotopic (exact) mass is 298 g/mol. The van der Waals surface area contributed by atoms with Gasteiger partial charge in [-0.1, -0.05) is 12.1 Å². The van der Waals surface area contributed by atoms with Gasteiger partial charge in [-0.3, -0.25) is 0 Å². The number of para-hydroxylation sites is 1. The molecule has 0 bridgehead atoms. The molecular weight excluding hydrogens is 276 g/mol. The molecule has 0 unspecified atom stereocenters. The van der Waals surface area contributed by atoms with Crippen LogP contribution in [0.1, 0.15) is 12.0 Å². The lowest BCUT2D eigenvalue weighted by Crippen LogP contribution is -2.59. The minimum atomic E-state index is 0.319. The number of likely N-dealkylation sites (tertiary alicyclic amines) is 1. The Labute approximate surface area is 130 Å². The summed E-state index contributed by atoms with van der Waals surface area (Å²) in [6.07, 6.45) is 3.11. The molecular formula is C17H22N4O. The molecule has 2 saturated heterocycles. The van der Waals surface area contributed by atoms with Crippen LogP contribution in [-0.4, -0.2) is 60.3 Å². The third-order valence-corrected chi connectivity index (χ3v) is 4.91. The summed E-state index contributed by atoms with van der Waals surface area (Å²) in [4.78, 5) is 13.9. The van der Waals surface area contributed by atoms with E-state index < -0.39 is 0 Å². The summed E-state index contributed by atoms with van der Waals surface area (Å²) in [5.41, 5.74) is 2.26. The van der Waals surface area contributed by atoms with Crippen molar-refractivity contribution in [2.24, 2.45) is 0 Å². The van der Waals surface area contributed by atoms with Crippen LogP contribution in [0.4, 0.5) is 5.82 Å². The Morgan fingerprint density at radius 3 is 3.05 bits per heavy atom. The Bertz CT molecular complexity index is 689. The lowest BCUT2D eigenvalue weighted by atomic mass is 9.98. The fourth-order valence-corrected chi connectivity index (χ4v) is 3.74. The topological polar surface area (TPSA) is 41.5 Å². The van der Waals surface area contributed by atoms with Crippen molar-refractivity contribution in [1.29, 1.82) is 0 Å². The molecule has 2 aliphatic rings. The summed E-state index contributed by atoms with van der Waals surface area (Å²) < 4.78 is 6.01. The predicted octanol–water partition coefficient (Wildman–Crippen LogP) is 1.85. The van der Waals surface area contributed by atoms with Gasteiger partial charge in [0, 0.05) is 25.0 Å². The maximum Gasteiger partial charge on any atom is 0.140 e. The molecule has 5 nitrogen and oxygen atoms in total. The Balaban J connectivity index is 1.78. The molecule has 5 heteroatoms. The standard InChI is InChI=1S/C17H22N4O/c1-12-4-3-5-13-16(12)18-11-19-17(13)21-8-9-22-15-6-7-20(2)10-14(15)21/h3-5,11,14-15H,6-10H2,1-2H3/t14-,15-/m1/s1. The van der Waals surface area contributed by atoms with Gasteiger partial charge in [0.15, 0.2) is 0 Å². The predicted molar refractivity (Wildman–Crippen MR) is 87.3 cm³/mol. The summed E-state index contributed by atoms with van der Waals surface area (Å²) in [7, 11) is 2.19. The van der Waals surface area contributed by atoms with Crippen LogP contribution in [0.25, 0.3) is 10.9 Å². The highest BCUT2D eigenvalue weighted by atomic mass is 16.5. The molecule has 1 aromatic heterocycles. The van der Waals surface area contributed by atoms with Gasteiger partial charge in [-0.05, 0) is 32.0 Å². The summed E-state index contributed by atoms with van der Waals surface area (Å²) in [6.45, 7) is 5.92. The van der Waals surface area contributed by atoms with Crippen molar-refractivity contribution in [2.75, 3.05) is 38.2 Å². The number of hydrogen-bond acceptors (Lipinski definition) is 5. The molecule has 0 radical (unpaired) electrons. The van der Waals surface area contributed by atoms with Crippen molar-refractivity contribution in [2.45, 2.75) is 25.5 Å². The largest absolute Gasteiger partial charge is 0.374 e.